The summed E-state index contributed by atoms with van der Waals surface area (Å²) in [5, 5.41) is 0. The van der Waals surface area contributed by atoms with Gasteiger partial charge in [0.15, 0.2) is 0 Å². The summed E-state index contributed by atoms with van der Waals surface area (Å²) in [6.45, 7) is 0.296. The molecule has 168 valence electrons. The zero-order valence-electron chi connectivity index (χ0n) is 18.6. The molecule has 0 aliphatic heterocycles. The van der Waals surface area contributed by atoms with Crippen molar-refractivity contribution < 1.29 is 19.1 Å². The average Bonchev–Trinajstić information content (AvgIpc) is 2.83. The first-order valence-corrected chi connectivity index (χ1v) is 11.6. The topological polar surface area (TPSA) is 60.4 Å². The molecule has 2 aromatic carbocycles. The third kappa shape index (κ3) is 8.26. The Bertz CT molecular complexity index is 902. The van der Waals surface area contributed by atoms with Crippen LogP contribution in [-0.4, -0.2) is 17.5 Å². The fourth-order valence-electron chi connectivity index (χ4n) is 4.11. The predicted molar refractivity (Wildman–Crippen MR) is 126 cm³/mol. The van der Waals surface area contributed by atoms with Gasteiger partial charge >= 0.3 is 5.97 Å². The Hall–Kier alpha value is -3.01. The molecule has 2 saturated carbocycles. The van der Waals surface area contributed by atoms with Crippen LogP contribution in [0.5, 0.6) is 0 Å². The van der Waals surface area contributed by atoms with Gasteiger partial charge in [-0.3, -0.25) is 14.4 Å². The number of hydrogen-bond donors (Lipinski definition) is 0. The van der Waals surface area contributed by atoms with Crippen LogP contribution in [0.15, 0.2) is 66.7 Å². The molecule has 0 N–H and O–H groups in total. The van der Waals surface area contributed by atoms with Gasteiger partial charge in [-0.25, -0.2) is 0 Å². The van der Waals surface area contributed by atoms with E-state index >= 15 is 0 Å². The fraction of sp³-hybridized carbons (Fsp3) is 0.393. The minimum Gasteiger partial charge on any atom is -0.461 e. The Morgan fingerprint density at radius 3 is 2.12 bits per heavy atom. The molecular formula is C28H32O4. The van der Waals surface area contributed by atoms with Gasteiger partial charge in [0, 0.05) is 25.7 Å². The largest absolute Gasteiger partial charge is 0.461 e. The highest BCUT2D eigenvalue weighted by molar-refractivity contribution is 5.85. The van der Waals surface area contributed by atoms with Crippen LogP contribution >= 0.6 is 0 Å². The number of ether oxygens (including phenoxy) is 1. The fourth-order valence-corrected chi connectivity index (χ4v) is 4.11. The van der Waals surface area contributed by atoms with E-state index in [0.29, 0.717) is 31.1 Å². The van der Waals surface area contributed by atoms with Crippen molar-refractivity contribution in [1.29, 1.82) is 0 Å². The standard InChI is InChI=1S/C14H16O3.C14H16O/c15-13-8-4-7-12(9-13)14(16)17-10-11-5-2-1-3-6-11;15-14-8-4-7-13(11-14)10-9-12-5-2-1-3-6-12/h1-3,5-6,12H,4,7-10H2;1-3,5-6,9-10,13H,4,7-8,11H2/b;10-9+/t12-;13-/m01/s1. The molecule has 4 nitrogen and oxygen atoms in total. The third-order valence-corrected chi connectivity index (χ3v) is 5.92. The Kier molecular flexibility index (Phi) is 9.42. The number of carbonyl (C=O) groups excluding carboxylic acids is 3. The van der Waals surface area contributed by atoms with Gasteiger partial charge in [-0.15, -0.1) is 0 Å². The van der Waals surface area contributed by atoms with Crippen molar-refractivity contribution in [2.45, 2.75) is 58.0 Å². The lowest BCUT2D eigenvalue weighted by molar-refractivity contribution is -0.152. The minimum atomic E-state index is -0.234. The number of rotatable bonds is 5. The molecule has 2 fully saturated rings. The van der Waals surface area contributed by atoms with Crippen molar-refractivity contribution in [2.75, 3.05) is 0 Å². The summed E-state index contributed by atoms with van der Waals surface area (Å²) < 4.78 is 5.22. The van der Waals surface area contributed by atoms with Gasteiger partial charge in [-0.1, -0.05) is 72.8 Å². The molecule has 0 saturated heterocycles. The van der Waals surface area contributed by atoms with Crippen LogP contribution in [0.2, 0.25) is 0 Å². The van der Waals surface area contributed by atoms with Crippen LogP contribution < -0.4 is 0 Å². The molecule has 0 bridgehead atoms. The Balaban J connectivity index is 0.000000182. The molecule has 0 radical (unpaired) electrons. The van der Waals surface area contributed by atoms with Crippen LogP contribution in [0.3, 0.4) is 0 Å². The summed E-state index contributed by atoms with van der Waals surface area (Å²) in [6.07, 6.45) is 10.6. The van der Waals surface area contributed by atoms with Crippen molar-refractivity contribution in [3.05, 3.63) is 77.9 Å². The van der Waals surface area contributed by atoms with Crippen LogP contribution in [0.4, 0.5) is 0 Å². The lowest BCUT2D eigenvalue weighted by Gasteiger charge is -2.19. The quantitative estimate of drug-likeness (QED) is 0.548. The van der Waals surface area contributed by atoms with Crippen LogP contribution in [0.25, 0.3) is 6.08 Å². The van der Waals surface area contributed by atoms with Gasteiger partial charge in [0.2, 0.25) is 0 Å². The maximum absolute atomic E-state index is 11.7. The molecule has 0 heterocycles. The van der Waals surface area contributed by atoms with Crippen LogP contribution in [0.1, 0.15) is 62.5 Å². The Labute approximate surface area is 190 Å². The first-order chi connectivity index (χ1) is 15.6. The predicted octanol–water partition coefficient (Wildman–Crippen LogP) is 5.95. The lowest BCUT2D eigenvalue weighted by atomic mass is 9.88. The highest BCUT2D eigenvalue weighted by atomic mass is 16.5. The van der Waals surface area contributed by atoms with E-state index in [2.05, 4.69) is 24.3 Å². The van der Waals surface area contributed by atoms with E-state index in [1.54, 1.807) is 0 Å². The molecule has 32 heavy (non-hydrogen) atoms. The second-order valence-corrected chi connectivity index (χ2v) is 8.59. The summed E-state index contributed by atoms with van der Waals surface area (Å²) >= 11 is 0. The summed E-state index contributed by atoms with van der Waals surface area (Å²) in [7, 11) is 0. The molecule has 0 amide bonds. The molecule has 2 aromatic rings. The average molecular weight is 433 g/mol. The van der Waals surface area contributed by atoms with E-state index in [1.165, 1.54) is 5.56 Å². The number of esters is 1. The highest BCUT2D eigenvalue weighted by Crippen LogP contribution is 2.24. The van der Waals surface area contributed by atoms with Crippen molar-refractivity contribution in [3.63, 3.8) is 0 Å². The van der Waals surface area contributed by atoms with Gasteiger partial charge in [-0.05, 0) is 42.7 Å². The number of carbonyl (C=O) groups is 3. The van der Waals surface area contributed by atoms with E-state index < -0.39 is 0 Å². The molecule has 0 unspecified atom stereocenters. The normalized spacial score (nSPS) is 21.0. The van der Waals surface area contributed by atoms with Crippen molar-refractivity contribution in [3.8, 4) is 0 Å². The van der Waals surface area contributed by atoms with E-state index in [1.807, 2.05) is 48.5 Å². The number of benzene rings is 2. The van der Waals surface area contributed by atoms with E-state index in [9.17, 15) is 14.4 Å². The summed E-state index contributed by atoms with van der Waals surface area (Å²) in [5.41, 5.74) is 2.19. The minimum absolute atomic E-state index is 0.179. The van der Waals surface area contributed by atoms with Gasteiger partial charge in [0.1, 0.15) is 18.2 Å². The van der Waals surface area contributed by atoms with E-state index in [-0.39, 0.29) is 17.7 Å². The molecule has 0 spiro atoms. The number of hydrogen-bond acceptors (Lipinski definition) is 4. The van der Waals surface area contributed by atoms with Crippen molar-refractivity contribution >= 4 is 23.6 Å². The molecule has 0 aromatic heterocycles. The van der Waals surface area contributed by atoms with Crippen LogP contribution in [-0.2, 0) is 25.7 Å². The van der Waals surface area contributed by atoms with Gasteiger partial charge in [0.25, 0.3) is 0 Å². The first kappa shape index (κ1) is 23.6. The third-order valence-electron chi connectivity index (χ3n) is 5.92. The number of allylic oxidation sites excluding steroid dienone is 1. The molecule has 2 atom stereocenters. The zero-order valence-corrected chi connectivity index (χ0v) is 18.6. The Morgan fingerprint density at radius 2 is 1.47 bits per heavy atom. The number of Topliss-reactive ketones (excluding diaryl/α,β-unsaturated/α-hetero) is 2. The van der Waals surface area contributed by atoms with Crippen LogP contribution in [0, 0.1) is 11.8 Å². The SMILES string of the molecule is O=C1CCC[C@H](/C=C/c2ccccc2)C1.O=C1CCC[C@H](C(=O)OCc2ccccc2)C1. The number of ketones is 2. The maximum Gasteiger partial charge on any atom is 0.309 e. The smallest absolute Gasteiger partial charge is 0.309 e. The highest BCUT2D eigenvalue weighted by Gasteiger charge is 2.26. The molecule has 4 heteroatoms. The molecule has 4 rings (SSSR count). The molecular weight excluding hydrogens is 400 g/mol. The van der Waals surface area contributed by atoms with Crippen molar-refractivity contribution in [2.24, 2.45) is 11.8 Å². The second kappa shape index (κ2) is 12.7. The summed E-state index contributed by atoms with van der Waals surface area (Å²) in [5.74, 6) is 0.607. The van der Waals surface area contributed by atoms with Gasteiger partial charge < -0.3 is 4.74 Å². The van der Waals surface area contributed by atoms with Gasteiger partial charge in [-0.2, -0.15) is 0 Å². The van der Waals surface area contributed by atoms with E-state index in [4.69, 9.17) is 4.74 Å². The lowest BCUT2D eigenvalue weighted by Crippen LogP contribution is -2.24. The maximum atomic E-state index is 11.7. The first-order valence-electron chi connectivity index (χ1n) is 11.6. The second-order valence-electron chi connectivity index (χ2n) is 8.59. The molecule has 2 aliphatic rings. The summed E-state index contributed by atoms with van der Waals surface area (Å²) in [4.78, 5) is 34.2. The van der Waals surface area contributed by atoms with Gasteiger partial charge in [0.05, 0.1) is 5.92 Å². The Morgan fingerprint density at radius 1 is 0.844 bits per heavy atom. The van der Waals surface area contributed by atoms with Crippen molar-refractivity contribution in [1.82, 2.24) is 0 Å². The zero-order chi connectivity index (χ0) is 22.6. The monoisotopic (exact) mass is 432 g/mol. The van der Waals surface area contributed by atoms with E-state index in [0.717, 1.165) is 44.1 Å². The summed E-state index contributed by atoms with van der Waals surface area (Å²) in [6, 6.07) is 19.8. The molecule has 2 aliphatic carbocycles.